The molecule has 3 heteroatoms. The molecule has 0 aliphatic carbocycles. The number of sulfone groups is 1. The standard InChI is InChI=1S/C12H16O2S/c1-11(10-15(2,13)14)8-9-12-6-4-3-5-7-12/h3-7,10H,8-9H2,1-2H3/b11-10+. The van der Waals surface area contributed by atoms with Gasteiger partial charge in [0.25, 0.3) is 0 Å². The van der Waals surface area contributed by atoms with E-state index >= 15 is 0 Å². The van der Waals surface area contributed by atoms with Gasteiger partial charge in [-0.1, -0.05) is 35.9 Å². The van der Waals surface area contributed by atoms with Crippen LogP contribution >= 0.6 is 0 Å². The van der Waals surface area contributed by atoms with Gasteiger partial charge in [0.05, 0.1) is 0 Å². The van der Waals surface area contributed by atoms with Gasteiger partial charge in [0.1, 0.15) is 0 Å². The van der Waals surface area contributed by atoms with E-state index in [-0.39, 0.29) is 0 Å². The van der Waals surface area contributed by atoms with Crippen molar-refractivity contribution in [3.8, 4) is 0 Å². The Morgan fingerprint density at radius 2 is 1.87 bits per heavy atom. The molecule has 0 fully saturated rings. The number of rotatable bonds is 4. The van der Waals surface area contributed by atoms with Crippen LogP contribution in [0, 0.1) is 0 Å². The highest BCUT2D eigenvalue weighted by Crippen LogP contribution is 2.09. The SMILES string of the molecule is C/C(=C\S(C)(=O)=O)CCc1ccccc1. The Balaban J connectivity index is 2.56. The summed E-state index contributed by atoms with van der Waals surface area (Å²) >= 11 is 0. The molecule has 0 N–H and O–H groups in total. The molecule has 0 atom stereocenters. The number of allylic oxidation sites excluding steroid dienone is 1. The molecule has 1 rings (SSSR count). The van der Waals surface area contributed by atoms with Crippen molar-refractivity contribution in [3.05, 3.63) is 46.9 Å². The molecule has 0 spiro atoms. The van der Waals surface area contributed by atoms with E-state index in [0.29, 0.717) is 0 Å². The molecule has 0 aliphatic heterocycles. The van der Waals surface area contributed by atoms with Crippen molar-refractivity contribution in [1.29, 1.82) is 0 Å². The summed E-state index contributed by atoms with van der Waals surface area (Å²) in [6, 6.07) is 10.1. The van der Waals surface area contributed by atoms with Crippen molar-refractivity contribution in [2.24, 2.45) is 0 Å². The van der Waals surface area contributed by atoms with Crippen molar-refractivity contribution in [3.63, 3.8) is 0 Å². The van der Waals surface area contributed by atoms with Crippen LogP contribution in [0.1, 0.15) is 18.9 Å². The van der Waals surface area contributed by atoms with Crippen LogP contribution in [-0.2, 0) is 16.3 Å². The average Bonchev–Trinajstić information content (AvgIpc) is 2.14. The molecule has 0 aromatic heterocycles. The highest BCUT2D eigenvalue weighted by Gasteiger charge is 1.99. The summed E-state index contributed by atoms with van der Waals surface area (Å²) < 4.78 is 22.0. The minimum Gasteiger partial charge on any atom is -0.225 e. The summed E-state index contributed by atoms with van der Waals surface area (Å²) in [4.78, 5) is 0. The van der Waals surface area contributed by atoms with E-state index in [1.165, 1.54) is 17.2 Å². The Kier molecular flexibility index (Phi) is 4.09. The molecule has 0 unspecified atom stereocenters. The van der Waals surface area contributed by atoms with Gasteiger partial charge >= 0.3 is 0 Å². The van der Waals surface area contributed by atoms with Crippen LogP contribution in [-0.4, -0.2) is 14.7 Å². The Labute approximate surface area is 91.6 Å². The maximum atomic E-state index is 11.0. The van der Waals surface area contributed by atoms with Gasteiger partial charge in [0.2, 0.25) is 0 Å². The van der Waals surface area contributed by atoms with Gasteiger partial charge in [-0.05, 0) is 25.3 Å². The van der Waals surface area contributed by atoms with E-state index in [9.17, 15) is 8.42 Å². The molecule has 1 aromatic carbocycles. The first kappa shape index (κ1) is 12.0. The maximum Gasteiger partial charge on any atom is 0.168 e. The lowest BCUT2D eigenvalue weighted by atomic mass is 10.1. The van der Waals surface area contributed by atoms with Crippen molar-refractivity contribution in [2.75, 3.05) is 6.26 Å². The fourth-order valence-corrected chi connectivity index (χ4v) is 2.26. The van der Waals surface area contributed by atoms with Crippen molar-refractivity contribution >= 4 is 9.84 Å². The zero-order valence-electron chi connectivity index (χ0n) is 9.10. The predicted octanol–water partition coefficient (Wildman–Crippen LogP) is 2.57. The highest BCUT2D eigenvalue weighted by atomic mass is 32.2. The van der Waals surface area contributed by atoms with Crippen molar-refractivity contribution < 1.29 is 8.42 Å². The monoisotopic (exact) mass is 224 g/mol. The molecular weight excluding hydrogens is 208 g/mol. The Morgan fingerprint density at radius 3 is 2.40 bits per heavy atom. The second-order valence-corrected chi connectivity index (χ2v) is 5.67. The van der Waals surface area contributed by atoms with Gasteiger partial charge in [-0.15, -0.1) is 0 Å². The van der Waals surface area contributed by atoms with Gasteiger partial charge in [-0.25, -0.2) is 8.42 Å². The minimum atomic E-state index is -2.99. The second kappa shape index (κ2) is 5.12. The van der Waals surface area contributed by atoms with E-state index in [1.807, 2.05) is 37.3 Å². The van der Waals surface area contributed by atoms with Crippen LogP contribution in [0.15, 0.2) is 41.3 Å². The second-order valence-electron chi connectivity index (χ2n) is 3.78. The van der Waals surface area contributed by atoms with Gasteiger partial charge in [-0.3, -0.25) is 0 Å². The smallest absolute Gasteiger partial charge is 0.168 e. The molecule has 0 saturated carbocycles. The van der Waals surface area contributed by atoms with Crippen LogP contribution in [0.3, 0.4) is 0 Å². The highest BCUT2D eigenvalue weighted by molar-refractivity contribution is 7.93. The minimum absolute atomic E-state index is 0.789. The molecule has 2 nitrogen and oxygen atoms in total. The number of aryl methyl sites for hydroxylation is 1. The van der Waals surface area contributed by atoms with Crippen molar-refractivity contribution in [2.45, 2.75) is 19.8 Å². The largest absolute Gasteiger partial charge is 0.225 e. The first-order chi connectivity index (χ1) is 6.97. The summed E-state index contributed by atoms with van der Waals surface area (Å²) in [5, 5.41) is 1.34. The van der Waals surface area contributed by atoms with E-state index in [1.54, 1.807) is 0 Å². The first-order valence-electron chi connectivity index (χ1n) is 4.88. The summed E-state index contributed by atoms with van der Waals surface area (Å²) in [6.07, 6.45) is 2.90. The quantitative estimate of drug-likeness (QED) is 0.787. The topological polar surface area (TPSA) is 34.1 Å². The fraction of sp³-hybridized carbons (Fsp3) is 0.333. The van der Waals surface area contributed by atoms with Gasteiger partial charge in [-0.2, -0.15) is 0 Å². The third-order valence-corrected chi connectivity index (χ3v) is 2.90. The van der Waals surface area contributed by atoms with Crippen LogP contribution in [0.2, 0.25) is 0 Å². The Bertz CT molecular complexity index is 430. The molecule has 0 saturated heterocycles. The molecule has 1 aromatic rings. The lowest BCUT2D eigenvalue weighted by Crippen LogP contribution is -1.93. The van der Waals surface area contributed by atoms with Gasteiger partial charge < -0.3 is 0 Å². The first-order valence-corrected chi connectivity index (χ1v) is 6.84. The third kappa shape index (κ3) is 5.37. The predicted molar refractivity (Wildman–Crippen MR) is 63.4 cm³/mol. The Hall–Kier alpha value is -1.09. The number of benzene rings is 1. The van der Waals surface area contributed by atoms with Crippen LogP contribution in [0.4, 0.5) is 0 Å². The van der Waals surface area contributed by atoms with Crippen molar-refractivity contribution in [1.82, 2.24) is 0 Å². The van der Waals surface area contributed by atoms with Crippen LogP contribution in [0.5, 0.6) is 0 Å². The number of hydrogen-bond donors (Lipinski definition) is 0. The molecule has 0 aliphatic rings. The lowest BCUT2D eigenvalue weighted by Gasteiger charge is -2.01. The molecule has 0 amide bonds. The molecular formula is C12H16O2S. The van der Waals surface area contributed by atoms with E-state index in [4.69, 9.17) is 0 Å². The summed E-state index contributed by atoms with van der Waals surface area (Å²) in [6.45, 7) is 1.85. The molecule has 82 valence electrons. The van der Waals surface area contributed by atoms with Crippen LogP contribution < -0.4 is 0 Å². The molecule has 15 heavy (non-hydrogen) atoms. The molecule has 0 bridgehead atoms. The van der Waals surface area contributed by atoms with Gasteiger partial charge in [0.15, 0.2) is 9.84 Å². The van der Waals surface area contributed by atoms with E-state index in [0.717, 1.165) is 18.4 Å². The van der Waals surface area contributed by atoms with E-state index < -0.39 is 9.84 Å². The number of hydrogen-bond acceptors (Lipinski definition) is 2. The third-order valence-electron chi connectivity index (χ3n) is 2.07. The fourth-order valence-electron chi connectivity index (χ4n) is 1.41. The normalized spacial score (nSPS) is 12.8. The summed E-state index contributed by atoms with van der Waals surface area (Å²) in [5.74, 6) is 0. The lowest BCUT2D eigenvalue weighted by molar-refractivity contribution is 0.609. The summed E-state index contributed by atoms with van der Waals surface area (Å²) in [7, 11) is -2.99. The zero-order chi connectivity index (χ0) is 11.3. The van der Waals surface area contributed by atoms with E-state index in [2.05, 4.69) is 0 Å². The molecule has 0 radical (unpaired) electrons. The zero-order valence-corrected chi connectivity index (χ0v) is 9.92. The van der Waals surface area contributed by atoms with Crippen LogP contribution in [0.25, 0.3) is 0 Å². The average molecular weight is 224 g/mol. The Morgan fingerprint density at radius 1 is 1.27 bits per heavy atom. The maximum absolute atomic E-state index is 11.0. The summed E-state index contributed by atoms with van der Waals surface area (Å²) in [5.41, 5.74) is 2.14. The molecule has 0 heterocycles. The van der Waals surface area contributed by atoms with Gasteiger partial charge in [0, 0.05) is 11.7 Å².